The lowest BCUT2D eigenvalue weighted by Crippen LogP contribution is -2.18. The van der Waals surface area contributed by atoms with Crippen molar-refractivity contribution in [2.75, 3.05) is 5.32 Å². The van der Waals surface area contributed by atoms with Crippen molar-refractivity contribution >= 4 is 27.5 Å². The van der Waals surface area contributed by atoms with E-state index in [1.165, 1.54) is 0 Å². The molecule has 1 saturated carbocycles. The van der Waals surface area contributed by atoms with E-state index in [4.69, 9.17) is 5.26 Å². The summed E-state index contributed by atoms with van der Waals surface area (Å²) in [5.41, 5.74) is 1.05. The Morgan fingerprint density at radius 2 is 1.89 bits per heavy atom. The Morgan fingerprint density at radius 3 is 2.37 bits per heavy atom. The highest BCUT2D eigenvalue weighted by Crippen LogP contribution is 2.68. The van der Waals surface area contributed by atoms with Crippen LogP contribution in [-0.4, -0.2) is 5.91 Å². The molecule has 1 aliphatic rings. The SMILES string of the molecule is CC1(C)C(C(=O)Nc2ccc(Br)cc2C#N)C1(C)C. The Labute approximate surface area is 122 Å². The van der Waals surface area contributed by atoms with E-state index in [1.54, 1.807) is 12.1 Å². The smallest absolute Gasteiger partial charge is 0.228 e. The van der Waals surface area contributed by atoms with Gasteiger partial charge in [-0.15, -0.1) is 0 Å². The van der Waals surface area contributed by atoms with Crippen LogP contribution in [-0.2, 0) is 4.79 Å². The van der Waals surface area contributed by atoms with Crippen molar-refractivity contribution in [3.63, 3.8) is 0 Å². The van der Waals surface area contributed by atoms with Crippen LogP contribution < -0.4 is 5.32 Å². The molecule has 1 fully saturated rings. The molecule has 1 N–H and O–H groups in total. The quantitative estimate of drug-likeness (QED) is 0.897. The molecule has 3 nitrogen and oxygen atoms in total. The molecule has 1 amide bonds. The van der Waals surface area contributed by atoms with Crippen LogP contribution in [0, 0.1) is 28.1 Å². The summed E-state index contributed by atoms with van der Waals surface area (Å²) in [6.07, 6.45) is 0. The number of nitrogens with one attached hydrogen (secondary N) is 1. The number of hydrogen-bond acceptors (Lipinski definition) is 2. The van der Waals surface area contributed by atoms with E-state index >= 15 is 0 Å². The number of carbonyl (C=O) groups excluding carboxylic acids is 1. The normalized spacial score (nSPS) is 19.6. The number of rotatable bonds is 2. The minimum Gasteiger partial charge on any atom is -0.325 e. The zero-order chi connectivity index (χ0) is 14.4. The number of nitrogens with zero attached hydrogens (tertiary/aromatic N) is 1. The van der Waals surface area contributed by atoms with Crippen molar-refractivity contribution in [2.24, 2.45) is 16.7 Å². The number of amides is 1. The third kappa shape index (κ3) is 2.17. The molecule has 0 aliphatic heterocycles. The van der Waals surface area contributed by atoms with Gasteiger partial charge in [-0.25, -0.2) is 0 Å². The molecule has 2 rings (SSSR count). The highest BCUT2D eigenvalue weighted by Gasteiger charge is 2.68. The van der Waals surface area contributed by atoms with Crippen molar-refractivity contribution in [1.29, 1.82) is 5.26 Å². The maximum atomic E-state index is 12.3. The molecule has 0 radical (unpaired) electrons. The lowest BCUT2D eigenvalue weighted by Gasteiger charge is -2.08. The Hall–Kier alpha value is -1.34. The zero-order valence-electron chi connectivity index (χ0n) is 11.5. The molecule has 1 aromatic rings. The molecule has 0 saturated heterocycles. The first kappa shape index (κ1) is 14.1. The van der Waals surface area contributed by atoms with E-state index in [0.29, 0.717) is 11.3 Å². The predicted molar refractivity (Wildman–Crippen MR) is 78.5 cm³/mol. The summed E-state index contributed by atoms with van der Waals surface area (Å²) >= 11 is 3.32. The van der Waals surface area contributed by atoms with Gasteiger partial charge in [0.1, 0.15) is 6.07 Å². The number of carbonyl (C=O) groups is 1. The lowest BCUT2D eigenvalue weighted by molar-refractivity contribution is -0.118. The molecular formula is C15H17BrN2O. The summed E-state index contributed by atoms with van der Waals surface area (Å²) in [6.45, 7) is 8.40. The Bertz CT molecular complexity index is 570. The van der Waals surface area contributed by atoms with Gasteiger partial charge in [-0.2, -0.15) is 5.26 Å². The van der Waals surface area contributed by atoms with Crippen LogP contribution in [0.15, 0.2) is 22.7 Å². The van der Waals surface area contributed by atoms with Gasteiger partial charge >= 0.3 is 0 Å². The van der Waals surface area contributed by atoms with Crippen LogP contribution in [0.25, 0.3) is 0 Å². The van der Waals surface area contributed by atoms with Gasteiger partial charge in [0.2, 0.25) is 5.91 Å². The van der Waals surface area contributed by atoms with Crippen LogP contribution in [0.3, 0.4) is 0 Å². The van der Waals surface area contributed by atoms with E-state index in [0.717, 1.165) is 4.47 Å². The van der Waals surface area contributed by atoms with Gasteiger partial charge in [-0.05, 0) is 29.0 Å². The van der Waals surface area contributed by atoms with E-state index in [1.807, 2.05) is 6.07 Å². The highest BCUT2D eigenvalue weighted by atomic mass is 79.9. The number of halogens is 1. The van der Waals surface area contributed by atoms with Gasteiger partial charge in [0.25, 0.3) is 0 Å². The summed E-state index contributed by atoms with van der Waals surface area (Å²) < 4.78 is 0.828. The van der Waals surface area contributed by atoms with E-state index in [-0.39, 0.29) is 22.7 Å². The number of nitriles is 1. The molecule has 0 atom stereocenters. The molecule has 100 valence electrons. The molecule has 0 unspecified atom stereocenters. The zero-order valence-corrected chi connectivity index (χ0v) is 13.1. The Balaban J connectivity index is 2.20. The molecule has 19 heavy (non-hydrogen) atoms. The number of anilines is 1. The van der Waals surface area contributed by atoms with Crippen LogP contribution >= 0.6 is 15.9 Å². The second kappa shape index (κ2) is 4.35. The Kier molecular flexibility index (Phi) is 3.22. The van der Waals surface area contributed by atoms with Crippen LogP contribution in [0.4, 0.5) is 5.69 Å². The Morgan fingerprint density at radius 1 is 1.32 bits per heavy atom. The highest BCUT2D eigenvalue weighted by molar-refractivity contribution is 9.10. The van der Waals surface area contributed by atoms with Crippen LogP contribution in [0.5, 0.6) is 0 Å². The number of hydrogen-bond donors (Lipinski definition) is 1. The van der Waals surface area contributed by atoms with Gasteiger partial charge in [0.15, 0.2) is 0 Å². The largest absolute Gasteiger partial charge is 0.325 e. The maximum absolute atomic E-state index is 12.3. The average Bonchev–Trinajstić information content (AvgIpc) is 2.72. The summed E-state index contributed by atoms with van der Waals surface area (Å²) in [7, 11) is 0. The topological polar surface area (TPSA) is 52.9 Å². The van der Waals surface area contributed by atoms with Crippen LogP contribution in [0.1, 0.15) is 33.3 Å². The van der Waals surface area contributed by atoms with Crippen molar-refractivity contribution in [3.8, 4) is 6.07 Å². The third-order valence-corrected chi connectivity index (χ3v) is 5.14. The van der Waals surface area contributed by atoms with Crippen molar-refractivity contribution < 1.29 is 4.79 Å². The van der Waals surface area contributed by atoms with Crippen molar-refractivity contribution in [2.45, 2.75) is 27.7 Å². The molecule has 0 aromatic heterocycles. The van der Waals surface area contributed by atoms with Crippen molar-refractivity contribution in [3.05, 3.63) is 28.2 Å². The van der Waals surface area contributed by atoms with Gasteiger partial charge in [0.05, 0.1) is 11.3 Å². The standard InChI is InChI=1S/C15H17BrN2O/c1-14(2)12(15(14,3)4)13(19)18-11-6-5-10(16)7-9(11)8-17/h5-7,12H,1-4H3,(H,18,19). The first-order valence-electron chi connectivity index (χ1n) is 6.22. The third-order valence-electron chi connectivity index (χ3n) is 4.64. The van der Waals surface area contributed by atoms with Gasteiger partial charge in [0, 0.05) is 10.4 Å². The van der Waals surface area contributed by atoms with Gasteiger partial charge in [-0.1, -0.05) is 43.6 Å². The molecule has 1 aliphatic carbocycles. The second-order valence-electron chi connectivity index (χ2n) is 6.17. The summed E-state index contributed by atoms with van der Waals surface area (Å²) in [5.74, 6) is -0.0241. The molecule has 1 aromatic carbocycles. The predicted octanol–water partition coefficient (Wildman–Crippen LogP) is 3.94. The average molecular weight is 321 g/mol. The maximum Gasteiger partial charge on any atom is 0.228 e. The second-order valence-corrected chi connectivity index (χ2v) is 7.08. The molecular weight excluding hydrogens is 304 g/mol. The molecule has 4 heteroatoms. The number of benzene rings is 1. The van der Waals surface area contributed by atoms with E-state index in [2.05, 4.69) is 55.0 Å². The molecule has 0 spiro atoms. The summed E-state index contributed by atoms with van der Waals surface area (Å²) in [6, 6.07) is 7.38. The summed E-state index contributed by atoms with van der Waals surface area (Å²) in [5, 5.41) is 12.0. The first-order chi connectivity index (χ1) is 8.71. The summed E-state index contributed by atoms with van der Waals surface area (Å²) in [4.78, 5) is 12.3. The minimum atomic E-state index is -0.0183. The fraction of sp³-hybridized carbons (Fsp3) is 0.467. The monoisotopic (exact) mass is 320 g/mol. The molecule has 0 heterocycles. The first-order valence-corrected chi connectivity index (χ1v) is 7.01. The minimum absolute atomic E-state index is 0.000741. The van der Waals surface area contributed by atoms with Gasteiger partial charge < -0.3 is 5.32 Å². The molecule has 0 bridgehead atoms. The fourth-order valence-corrected chi connectivity index (χ4v) is 3.14. The van der Waals surface area contributed by atoms with E-state index < -0.39 is 0 Å². The van der Waals surface area contributed by atoms with Crippen molar-refractivity contribution in [1.82, 2.24) is 0 Å². The lowest BCUT2D eigenvalue weighted by atomic mass is 10.0. The van der Waals surface area contributed by atoms with E-state index in [9.17, 15) is 4.79 Å². The van der Waals surface area contributed by atoms with Crippen LogP contribution in [0.2, 0.25) is 0 Å². The van der Waals surface area contributed by atoms with Gasteiger partial charge in [-0.3, -0.25) is 4.79 Å². The fourth-order valence-electron chi connectivity index (χ4n) is 2.77.